The molecule has 2 atom stereocenters. The predicted molar refractivity (Wildman–Crippen MR) is 167 cm³/mol. The minimum Gasteiger partial charge on any atom is -0.507 e. The number of nitrogens with zero attached hydrogens (tertiary/aromatic N) is 1. The Morgan fingerprint density at radius 1 is 1.05 bits per heavy atom. The van der Waals surface area contributed by atoms with E-state index in [0.29, 0.717) is 11.4 Å². The van der Waals surface area contributed by atoms with Gasteiger partial charge in [-0.1, -0.05) is 67.0 Å². The number of carbonyl (C=O) groups is 1. The van der Waals surface area contributed by atoms with Crippen molar-refractivity contribution in [3.63, 3.8) is 0 Å². The summed E-state index contributed by atoms with van der Waals surface area (Å²) in [5, 5.41) is 20.1. The maximum atomic E-state index is 13.7. The molecule has 1 aliphatic heterocycles. The lowest BCUT2D eigenvalue weighted by atomic mass is 9.78. The molecular weight excluding hydrogens is 552 g/mol. The van der Waals surface area contributed by atoms with E-state index < -0.39 is 0 Å². The van der Waals surface area contributed by atoms with Gasteiger partial charge in [0, 0.05) is 28.7 Å². The van der Waals surface area contributed by atoms with Gasteiger partial charge in [0.05, 0.1) is 18.5 Å². The topological polar surface area (TPSA) is 73.6 Å². The molecule has 0 spiro atoms. The van der Waals surface area contributed by atoms with Crippen molar-refractivity contribution in [1.29, 1.82) is 5.41 Å². The average molecular weight is 602 g/mol. The van der Waals surface area contributed by atoms with E-state index in [1.807, 2.05) is 43.0 Å². The zero-order valence-electron chi connectivity index (χ0n) is 25.4. The number of likely N-dealkylation sites (tertiary alicyclic amines) is 1. The fourth-order valence-electron chi connectivity index (χ4n) is 5.45. The number of carbonyl (C=O) groups excluding carboxylic acids is 1. The number of phenolic OH excluding ortho intramolecular Hbond substituents is 1. The summed E-state index contributed by atoms with van der Waals surface area (Å²) in [6, 6.07) is 12.1. The third kappa shape index (κ3) is 8.09. The summed E-state index contributed by atoms with van der Waals surface area (Å²) in [6.07, 6.45) is 3.78. The number of halogens is 1. The van der Waals surface area contributed by atoms with E-state index in [0.717, 1.165) is 42.6 Å². The quantitative estimate of drug-likeness (QED) is 0.284. The van der Waals surface area contributed by atoms with Gasteiger partial charge < -0.3 is 14.7 Å². The Balaban J connectivity index is 0.00000533. The molecule has 2 aromatic rings. The van der Waals surface area contributed by atoms with Crippen molar-refractivity contribution >= 4 is 28.6 Å². The van der Waals surface area contributed by atoms with Gasteiger partial charge in [0.25, 0.3) is 0 Å². The summed E-state index contributed by atoms with van der Waals surface area (Å²) in [5.41, 5.74) is 2.78. The molecule has 0 saturated carbocycles. The lowest BCUT2D eigenvalue weighted by Crippen LogP contribution is -2.38. The van der Waals surface area contributed by atoms with E-state index in [1.54, 1.807) is 0 Å². The average Bonchev–Trinajstić information content (AvgIpc) is 3.07. The number of hydrogen-bond donors (Lipinski definition) is 2. The van der Waals surface area contributed by atoms with E-state index in [9.17, 15) is 9.90 Å². The van der Waals surface area contributed by atoms with Crippen LogP contribution in [-0.4, -0.2) is 40.3 Å². The van der Waals surface area contributed by atoms with E-state index >= 15 is 0 Å². The standard InChI is InChI=1S/C33H48N2O3.BrH/c1-10-11-25-17-24(16-22-12-14-26(15-13-22)38-21(2)3)31(34)35(25)20-29(36)23-18-27(32(4,5)6)30(37)28(19-23)33(7,8)9;/h12-15,18-19,21,24-25,34,37H,10-11,16-17,20H2,1-9H3;1H/t24-,25+;/m0./s1. The van der Waals surface area contributed by atoms with Crippen molar-refractivity contribution in [2.24, 2.45) is 5.92 Å². The third-order valence-electron chi connectivity index (χ3n) is 7.45. The second-order valence-electron chi connectivity index (χ2n) is 13.2. The van der Waals surface area contributed by atoms with Gasteiger partial charge in [-0.25, -0.2) is 0 Å². The van der Waals surface area contributed by atoms with Crippen LogP contribution in [0.25, 0.3) is 0 Å². The molecule has 0 aromatic heterocycles. The van der Waals surface area contributed by atoms with Crippen LogP contribution in [0.1, 0.15) is 109 Å². The first-order chi connectivity index (χ1) is 17.6. The Morgan fingerprint density at radius 3 is 2.05 bits per heavy atom. The maximum Gasteiger partial charge on any atom is 0.182 e. The van der Waals surface area contributed by atoms with E-state index in [4.69, 9.17) is 10.1 Å². The number of aromatic hydroxyl groups is 1. The Morgan fingerprint density at radius 2 is 1.59 bits per heavy atom. The van der Waals surface area contributed by atoms with Crippen molar-refractivity contribution in [2.75, 3.05) is 6.54 Å². The monoisotopic (exact) mass is 600 g/mol. The molecular formula is C33H49BrN2O3. The number of Topliss-reactive ketones (excluding diaryl/α,β-unsaturated/α-hetero) is 1. The molecule has 0 bridgehead atoms. The van der Waals surface area contributed by atoms with E-state index in [2.05, 4.69) is 60.6 Å². The number of ether oxygens (including phenoxy) is 1. The SMILES string of the molecule is Br.CCC[C@@H]1C[C@H](Cc2ccc(OC(C)C)cc2)C(=N)N1CC(=O)c1cc(C(C)(C)C)c(O)c(C(C)(C)C)c1. The molecule has 0 amide bonds. The Bertz CT molecular complexity index is 1110. The van der Waals surface area contributed by atoms with E-state index in [1.165, 1.54) is 5.56 Å². The molecule has 0 radical (unpaired) electrons. The van der Waals surface area contributed by atoms with Crippen LogP contribution in [0.4, 0.5) is 0 Å². The fourth-order valence-corrected chi connectivity index (χ4v) is 5.45. The number of nitrogens with one attached hydrogen (secondary N) is 1. The largest absolute Gasteiger partial charge is 0.507 e. The zero-order chi connectivity index (χ0) is 28.4. The van der Waals surface area contributed by atoms with Crippen molar-refractivity contribution in [3.05, 3.63) is 58.7 Å². The highest BCUT2D eigenvalue weighted by Gasteiger charge is 2.37. The number of rotatable bonds is 9. The number of phenols is 1. The minimum absolute atomic E-state index is 0. The van der Waals surface area contributed by atoms with Crippen LogP contribution in [0, 0.1) is 11.3 Å². The molecule has 216 valence electrons. The minimum atomic E-state index is -0.299. The van der Waals surface area contributed by atoms with Gasteiger partial charge in [0.15, 0.2) is 5.78 Å². The van der Waals surface area contributed by atoms with Crippen molar-refractivity contribution < 1.29 is 14.6 Å². The molecule has 0 aliphatic carbocycles. The molecule has 6 heteroatoms. The highest BCUT2D eigenvalue weighted by molar-refractivity contribution is 8.93. The molecule has 1 aliphatic rings. The normalized spacial score (nSPS) is 17.9. The molecule has 1 fully saturated rings. The summed E-state index contributed by atoms with van der Waals surface area (Å²) >= 11 is 0. The molecule has 5 nitrogen and oxygen atoms in total. The Labute approximate surface area is 246 Å². The molecule has 3 rings (SSSR count). The molecule has 1 heterocycles. The molecule has 2 N–H and O–H groups in total. The van der Waals surface area contributed by atoms with Crippen molar-refractivity contribution in [1.82, 2.24) is 4.90 Å². The first kappa shape index (κ1) is 32.9. The summed E-state index contributed by atoms with van der Waals surface area (Å²) in [7, 11) is 0. The summed E-state index contributed by atoms with van der Waals surface area (Å²) in [6.45, 7) is 18.7. The van der Waals surface area contributed by atoms with Crippen LogP contribution in [0.15, 0.2) is 36.4 Å². The zero-order valence-corrected chi connectivity index (χ0v) is 27.1. The lowest BCUT2D eigenvalue weighted by Gasteiger charge is -2.29. The van der Waals surface area contributed by atoms with E-state index in [-0.39, 0.29) is 64.0 Å². The number of benzene rings is 2. The molecule has 39 heavy (non-hydrogen) atoms. The van der Waals surface area contributed by atoms with Crippen LogP contribution >= 0.6 is 17.0 Å². The Hall–Kier alpha value is -2.34. The van der Waals surface area contributed by atoms with Gasteiger partial charge in [-0.3, -0.25) is 10.2 Å². The van der Waals surface area contributed by atoms with Gasteiger partial charge in [-0.05, 0) is 73.8 Å². The van der Waals surface area contributed by atoms with Crippen LogP contribution in [0.2, 0.25) is 0 Å². The molecule has 1 saturated heterocycles. The summed E-state index contributed by atoms with van der Waals surface area (Å²) < 4.78 is 5.77. The van der Waals surface area contributed by atoms with Crippen molar-refractivity contribution in [2.45, 2.75) is 111 Å². The first-order valence-electron chi connectivity index (χ1n) is 14.1. The lowest BCUT2D eigenvalue weighted by molar-refractivity contribution is 0.0950. The van der Waals surface area contributed by atoms with Gasteiger partial charge in [0.1, 0.15) is 11.5 Å². The van der Waals surface area contributed by atoms with Crippen LogP contribution in [0.5, 0.6) is 11.5 Å². The van der Waals surface area contributed by atoms with Gasteiger partial charge >= 0.3 is 0 Å². The summed E-state index contributed by atoms with van der Waals surface area (Å²) in [5.74, 6) is 1.79. The van der Waals surface area contributed by atoms with Crippen LogP contribution < -0.4 is 4.74 Å². The summed E-state index contributed by atoms with van der Waals surface area (Å²) in [4.78, 5) is 15.8. The fraction of sp³-hybridized carbons (Fsp3) is 0.576. The highest BCUT2D eigenvalue weighted by atomic mass is 79.9. The third-order valence-corrected chi connectivity index (χ3v) is 7.45. The second kappa shape index (κ2) is 12.9. The molecule has 2 aromatic carbocycles. The van der Waals surface area contributed by atoms with Crippen LogP contribution in [0.3, 0.4) is 0 Å². The Kier molecular flexibility index (Phi) is 10.9. The smallest absolute Gasteiger partial charge is 0.182 e. The second-order valence-corrected chi connectivity index (χ2v) is 13.2. The van der Waals surface area contributed by atoms with Gasteiger partial charge in [-0.15, -0.1) is 17.0 Å². The first-order valence-corrected chi connectivity index (χ1v) is 14.1. The van der Waals surface area contributed by atoms with Gasteiger partial charge in [0.2, 0.25) is 0 Å². The highest BCUT2D eigenvalue weighted by Crippen LogP contribution is 2.40. The number of hydrogen-bond acceptors (Lipinski definition) is 4. The maximum absolute atomic E-state index is 13.7. The molecule has 0 unspecified atom stereocenters. The number of amidine groups is 1. The van der Waals surface area contributed by atoms with Gasteiger partial charge in [-0.2, -0.15) is 0 Å². The number of ketones is 1. The predicted octanol–water partition coefficient (Wildman–Crippen LogP) is 8.25. The van der Waals surface area contributed by atoms with Crippen molar-refractivity contribution in [3.8, 4) is 11.5 Å². The van der Waals surface area contributed by atoms with Crippen LogP contribution in [-0.2, 0) is 17.3 Å².